The summed E-state index contributed by atoms with van der Waals surface area (Å²) in [6.07, 6.45) is 0.0836. The van der Waals surface area contributed by atoms with E-state index in [1.54, 1.807) is 20.8 Å². The second-order valence-corrected chi connectivity index (χ2v) is 9.03. The van der Waals surface area contributed by atoms with Crippen LogP contribution in [0.2, 0.25) is 0 Å². The number of carbonyl (C=O) groups is 1. The lowest BCUT2D eigenvalue weighted by molar-refractivity contribution is -0.119. The first-order valence-corrected chi connectivity index (χ1v) is 8.45. The van der Waals surface area contributed by atoms with Crippen LogP contribution >= 0.6 is 0 Å². The summed E-state index contributed by atoms with van der Waals surface area (Å²) in [5.74, 6) is -0.301. The van der Waals surface area contributed by atoms with E-state index in [1.165, 1.54) is 0 Å². The molecule has 110 valence electrons. The standard InChI is InChI=1S/C15H21NO3S/c1-15(2,3)20(18,19)9-8-14(17)12-10-16-13-7-5-4-6-11(12)13/h4-7,12,16H,8-10H2,1-3H3. The SMILES string of the molecule is CC(C)(C)S(=O)(=O)CCC(=O)C1CNc2ccccc21. The van der Waals surface area contributed by atoms with Gasteiger partial charge in [0.2, 0.25) is 0 Å². The zero-order valence-electron chi connectivity index (χ0n) is 12.1. The lowest BCUT2D eigenvalue weighted by Crippen LogP contribution is -2.32. The lowest BCUT2D eigenvalue weighted by Gasteiger charge is -2.19. The van der Waals surface area contributed by atoms with Crippen LogP contribution in [0.3, 0.4) is 0 Å². The molecule has 1 unspecified atom stereocenters. The molecule has 0 bridgehead atoms. The van der Waals surface area contributed by atoms with Gasteiger partial charge in [0.1, 0.15) is 5.78 Å². The molecule has 2 rings (SSSR count). The van der Waals surface area contributed by atoms with Crippen LogP contribution in [0.15, 0.2) is 24.3 Å². The number of rotatable bonds is 4. The van der Waals surface area contributed by atoms with Crippen molar-refractivity contribution in [3.8, 4) is 0 Å². The zero-order valence-corrected chi connectivity index (χ0v) is 13.0. The Labute approximate surface area is 120 Å². The van der Waals surface area contributed by atoms with E-state index >= 15 is 0 Å². The van der Waals surface area contributed by atoms with Crippen LogP contribution in [0.25, 0.3) is 0 Å². The fraction of sp³-hybridized carbons (Fsp3) is 0.533. The molecule has 1 aromatic rings. The summed E-state index contributed by atoms with van der Waals surface area (Å²) >= 11 is 0. The summed E-state index contributed by atoms with van der Waals surface area (Å²) in [6.45, 7) is 5.56. The van der Waals surface area contributed by atoms with E-state index in [4.69, 9.17) is 0 Å². The molecular weight excluding hydrogens is 274 g/mol. The van der Waals surface area contributed by atoms with Crippen molar-refractivity contribution in [1.82, 2.24) is 0 Å². The third-order valence-electron chi connectivity index (χ3n) is 3.77. The zero-order chi connectivity index (χ0) is 15.0. The van der Waals surface area contributed by atoms with Gasteiger partial charge in [-0.15, -0.1) is 0 Å². The third-order valence-corrected chi connectivity index (χ3v) is 6.38. The van der Waals surface area contributed by atoms with Crippen LogP contribution in [0.5, 0.6) is 0 Å². The molecule has 0 fully saturated rings. The first-order chi connectivity index (χ1) is 9.22. The van der Waals surface area contributed by atoms with E-state index in [-0.39, 0.29) is 23.9 Å². The minimum atomic E-state index is -3.24. The van der Waals surface area contributed by atoms with Crippen LogP contribution < -0.4 is 5.32 Å². The molecule has 0 spiro atoms. The summed E-state index contributed by atoms with van der Waals surface area (Å²) in [5, 5.41) is 3.19. The van der Waals surface area contributed by atoms with Crippen molar-refractivity contribution in [1.29, 1.82) is 0 Å². The third kappa shape index (κ3) is 2.87. The number of Topliss-reactive ketones (excluding diaryl/α,β-unsaturated/α-hetero) is 1. The van der Waals surface area contributed by atoms with E-state index < -0.39 is 14.6 Å². The van der Waals surface area contributed by atoms with Crippen molar-refractivity contribution >= 4 is 21.3 Å². The Morgan fingerprint density at radius 3 is 2.60 bits per heavy atom. The fourth-order valence-electron chi connectivity index (χ4n) is 2.29. The normalized spacial score (nSPS) is 18.4. The monoisotopic (exact) mass is 295 g/mol. The molecule has 1 heterocycles. The second kappa shape index (κ2) is 5.20. The van der Waals surface area contributed by atoms with E-state index in [1.807, 2.05) is 24.3 Å². The Morgan fingerprint density at radius 1 is 1.30 bits per heavy atom. The molecule has 1 atom stereocenters. The maximum absolute atomic E-state index is 12.3. The quantitative estimate of drug-likeness (QED) is 0.926. The number of carbonyl (C=O) groups excluding carboxylic acids is 1. The Bertz CT molecular complexity index is 614. The lowest BCUT2D eigenvalue weighted by atomic mass is 9.95. The van der Waals surface area contributed by atoms with Crippen LogP contribution in [0, 0.1) is 0 Å². The predicted molar refractivity (Wildman–Crippen MR) is 80.8 cm³/mol. The molecular formula is C15H21NO3S. The van der Waals surface area contributed by atoms with Crippen LogP contribution in [-0.2, 0) is 14.6 Å². The summed E-state index contributed by atoms with van der Waals surface area (Å²) < 4.78 is 23.3. The number of benzene rings is 1. The van der Waals surface area contributed by atoms with E-state index in [0.29, 0.717) is 6.54 Å². The van der Waals surface area contributed by atoms with Gasteiger partial charge < -0.3 is 5.32 Å². The summed E-state index contributed by atoms with van der Waals surface area (Å²) in [7, 11) is -3.24. The van der Waals surface area contributed by atoms with Crippen molar-refractivity contribution < 1.29 is 13.2 Å². The van der Waals surface area contributed by atoms with E-state index in [2.05, 4.69) is 5.32 Å². The number of hydrogen-bond donors (Lipinski definition) is 1. The van der Waals surface area contributed by atoms with Crippen LogP contribution in [0.1, 0.15) is 38.7 Å². The van der Waals surface area contributed by atoms with Gasteiger partial charge in [-0.25, -0.2) is 8.42 Å². The number of ketones is 1. The van der Waals surface area contributed by atoms with E-state index in [9.17, 15) is 13.2 Å². The smallest absolute Gasteiger partial charge is 0.155 e. The van der Waals surface area contributed by atoms with Gasteiger partial charge in [0.05, 0.1) is 16.4 Å². The number of para-hydroxylation sites is 1. The van der Waals surface area contributed by atoms with Crippen molar-refractivity contribution in [2.24, 2.45) is 0 Å². The molecule has 0 radical (unpaired) electrons. The number of fused-ring (bicyclic) bond motifs is 1. The number of hydrogen-bond acceptors (Lipinski definition) is 4. The Kier molecular flexibility index (Phi) is 3.91. The topological polar surface area (TPSA) is 63.2 Å². The molecule has 1 aliphatic heterocycles. The van der Waals surface area contributed by atoms with Crippen molar-refractivity contribution in [3.63, 3.8) is 0 Å². The van der Waals surface area contributed by atoms with Crippen molar-refractivity contribution in [2.45, 2.75) is 37.9 Å². The molecule has 4 nitrogen and oxygen atoms in total. The summed E-state index contributed by atoms with van der Waals surface area (Å²) in [6, 6.07) is 7.69. The number of anilines is 1. The van der Waals surface area contributed by atoms with Gasteiger partial charge in [0.15, 0.2) is 9.84 Å². The van der Waals surface area contributed by atoms with Crippen LogP contribution in [0.4, 0.5) is 5.69 Å². The molecule has 0 aromatic heterocycles. The van der Waals surface area contributed by atoms with Gasteiger partial charge in [0, 0.05) is 18.7 Å². The van der Waals surface area contributed by atoms with Gasteiger partial charge in [-0.1, -0.05) is 18.2 Å². The first-order valence-electron chi connectivity index (χ1n) is 6.80. The van der Waals surface area contributed by atoms with Gasteiger partial charge in [-0.3, -0.25) is 4.79 Å². The highest BCUT2D eigenvalue weighted by molar-refractivity contribution is 7.92. The fourth-order valence-corrected chi connectivity index (χ4v) is 3.37. The molecule has 1 N–H and O–H groups in total. The second-order valence-electron chi connectivity index (χ2n) is 6.17. The predicted octanol–water partition coefficient (Wildman–Crippen LogP) is 2.37. The minimum absolute atomic E-state index is 0.00437. The molecule has 0 saturated heterocycles. The first kappa shape index (κ1) is 15.0. The average molecular weight is 295 g/mol. The number of sulfone groups is 1. The average Bonchev–Trinajstić information content (AvgIpc) is 2.78. The molecule has 20 heavy (non-hydrogen) atoms. The highest BCUT2D eigenvalue weighted by atomic mass is 32.2. The largest absolute Gasteiger partial charge is 0.384 e. The summed E-state index contributed by atoms with van der Waals surface area (Å²) in [4.78, 5) is 12.3. The number of nitrogens with one attached hydrogen (secondary N) is 1. The molecule has 1 aromatic carbocycles. The highest BCUT2D eigenvalue weighted by Gasteiger charge is 2.32. The van der Waals surface area contributed by atoms with Gasteiger partial charge >= 0.3 is 0 Å². The Hall–Kier alpha value is -1.36. The van der Waals surface area contributed by atoms with Crippen LogP contribution in [-0.4, -0.2) is 31.2 Å². The molecule has 1 aliphatic rings. The van der Waals surface area contributed by atoms with Gasteiger partial charge in [-0.05, 0) is 32.4 Å². The molecule has 5 heteroatoms. The van der Waals surface area contributed by atoms with Crippen molar-refractivity contribution in [2.75, 3.05) is 17.6 Å². The van der Waals surface area contributed by atoms with Crippen molar-refractivity contribution in [3.05, 3.63) is 29.8 Å². The maximum Gasteiger partial charge on any atom is 0.155 e. The van der Waals surface area contributed by atoms with E-state index in [0.717, 1.165) is 11.3 Å². The summed E-state index contributed by atoms with van der Waals surface area (Å²) in [5.41, 5.74) is 1.95. The molecule has 0 aliphatic carbocycles. The molecule has 0 saturated carbocycles. The Morgan fingerprint density at radius 2 is 1.95 bits per heavy atom. The minimum Gasteiger partial charge on any atom is -0.384 e. The maximum atomic E-state index is 12.3. The molecule has 0 amide bonds. The van der Waals surface area contributed by atoms with Gasteiger partial charge in [-0.2, -0.15) is 0 Å². The Balaban J connectivity index is 2.05. The van der Waals surface area contributed by atoms with Gasteiger partial charge in [0.25, 0.3) is 0 Å². The highest BCUT2D eigenvalue weighted by Crippen LogP contribution is 2.32.